The molecule has 2 aliphatic heterocycles. The highest BCUT2D eigenvalue weighted by molar-refractivity contribution is 6.30. The van der Waals surface area contributed by atoms with Gasteiger partial charge in [0.2, 0.25) is 0 Å². The molecule has 0 aliphatic carbocycles. The van der Waals surface area contributed by atoms with Gasteiger partial charge in [-0.25, -0.2) is 9.78 Å². The molecule has 1 atom stereocenters. The van der Waals surface area contributed by atoms with E-state index in [1.807, 2.05) is 39.8 Å². The molecule has 0 bridgehead atoms. The first kappa shape index (κ1) is 25.6. The first-order chi connectivity index (χ1) is 19.0. The van der Waals surface area contributed by atoms with E-state index >= 15 is 0 Å². The Hall–Kier alpha value is -3.72. The summed E-state index contributed by atoms with van der Waals surface area (Å²) in [5, 5.41) is 1.12. The minimum absolute atomic E-state index is 0.0251. The Kier molecular flexibility index (Phi) is 7.08. The third kappa shape index (κ3) is 4.91. The summed E-state index contributed by atoms with van der Waals surface area (Å²) in [4.78, 5) is 35.8. The molecule has 200 valence electrons. The van der Waals surface area contributed by atoms with Gasteiger partial charge in [0.15, 0.2) is 5.69 Å². The van der Waals surface area contributed by atoms with Crippen molar-refractivity contribution in [2.24, 2.45) is 0 Å². The van der Waals surface area contributed by atoms with Gasteiger partial charge in [-0.3, -0.25) is 9.69 Å². The predicted molar refractivity (Wildman–Crippen MR) is 148 cm³/mol. The average Bonchev–Trinajstić information content (AvgIpc) is 3.36. The van der Waals surface area contributed by atoms with E-state index in [0.717, 1.165) is 42.5 Å². The highest BCUT2D eigenvalue weighted by Gasteiger charge is 2.34. The first-order valence-electron chi connectivity index (χ1n) is 13.1. The molecule has 0 saturated carbocycles. The van der Waals surface area contributed by atoms with Crippen LogP contribution in [0.4, 0.5) is 0 Å². The molecular formula is C30H29ClN4O4. The number of hydrogen-bond acceptors (Lipinski definition) is 6. The number of carbonyl (C=O) groups excluding carboxylic acids is 2. The molecule has 8 nitrogen and oxygen atoms in total. The number of rotatable bonds is 5. The fourth-order valence-electron chi connectivity index (χ4n) is 5.63. The lowest BCUT2D eigenvalue weighted by Gasteiger charge is -2.40. The summed E-state index contributed by atoms with van der Waals surface area (Å²) < 4.78 is 12.4. The van der Waals surface area contributed by atoms with Crippen LogP contribution in [0.2, 0.25) is 5.02 Å². The molecule has 9 heteroatoms. The molecule has 0 spiro atoms. The van der Waals surface area contributed by atoms with Crippen LogP contribution in [0, 0.1) is 0 Å². The number of para-hydroxylation sites is 1. The Labute approximate surface area is 231 Å². The maximum Gasteiger partial charge on any atom is 0.340 e. The number of carbonyl (C=O) groups is 2. The molecule has 1 saturated heterocycles. The van der Waals surface area contributed by atoms with Crippen LogP contribution in [0.5, 0.6) is 0 Å². The van der Waals surface area contributed by atoms with E-state index in [1.165, 1.54) is 18.9 Å². The number of esters is 1. The number of methoxy groups -OCH3 is 1. The number of halogens is 1. The third-order valence-electron chi connectivity index (χ3n) is 7.60. The molecule has 6 rings (SSSR count). The van der Waals surface area contributed by atoms with Crippen molar-refractivity contribution in [1.82, 2.24) is 19.4 Å². The minimum Gasteiger partial charge on any atom is -0.465 e. The number of benzene rings is 2. The van der Waals surface area contributed by atoms with Gasteiger partial charge >= 0.3 is 5.97 Å². The molecule has 2 aliphatic rings. The van der Waals surface area contributed by atoms with E-state index in [9.17, 15) is 9.59 Å². The highest BCUT2D eigenvalue weighted by atomic mass is 35.5. The molecule has 1 amide bonds. The third-order valence-corrected chi connectivity index (χ3v) is 7.81. The summed E-state index contributed by atoms with van der Waals surface area (Å²) in [5.74, 6) is -0.627. The standard InChI is InChI=1S/C30H29ClN4O4/c1-38-30(37)25-19-35(26-9-5-4-8-24(25)26)27-15-22(31)16-32-28(27)29(36)34-17-21-7-3-2-6-20(21)14-23(34)18-33-10-12-39-13-11-33/h2-9,15-16,19,23H,10-14,17-18H2,1H3/t23-/m0/s1. The van der Waals surface area contributed by atoms with Gasteiger partial charge in [0.25, 0.3) is 5.91 Å². The van der Waals surface area contributed by atoms with Crippen molar-refractivity contribution in [2.75, 3.05) is 40.0 Å². The number of fused-ring (bicyclic) bond motifs is 2. The number of pyridine rings is 1. The maximum atomic E-state index is 14.4. The Morgan fingerprint density at radius 1 is 1.08 bits per heavy atom. The molecule has 0 radical (unpaired) electrons. The summed E-state index contributed by atoms with van der Waals surface area (Å²) in [7, 11) is 1.35. The monoisotopic (exact) mass is 544 g/mol. The lowest BCUT2D eigenvalue weighted by molar-refractivity contribution is 0.0191. The van der Waals surface area contributed by atoms with E-state index < -0.39 is 5.97 Å². The average molecular weight is 545 g/mol. The number of ether oxygens (including phenoxy) is 2. The highest BCUT2D eigenvalue weighted by Crippen LogP contribution is 2.31. The van der Waals surface area contributed by atoms with Gasteiger partial charge in [0.05, 0.1) is 42.1 Å². The molecule has 1 fully saturated rings. The van der Waals surface area contributed by atoms with Crippen LogP contribution in [-0.4, -0.2) is 77.2 Å². The number of morpholine rings is 1. The van der Waals surface area contributed by atoms with Crippen LogP contribution in [0.1, 0.15) is 32.0 Å². The van der Waals surface area contributed by atoms with Crippen LogP contribution in [-0.2, 0) is 22.4 Å². The molecule has 2 aromatic heterocycles. The minimum atomic E-state index is -0.453. The van der Waals surface area contributed by atoms with E-state index in [1.54, 1.807) is 12.3 Å². The van der Waals surface area contributed by atoms with Crippen LogP contribution in [0.3, 0.4) is 0 Å². The smallest absolute Gasteiger partial charge is 0.340 e. The van der Waals surface area contributed by atoms with Gasteiger partial charge in [-0.1, -0.05) is 54.1 Å². The number of aromatic nitrogens is 2. The van der Waals surface area contributed by atoms with Gasteiger partial charge in [0, 0.05) is 50.0 Å². The fourth-order valence-corrected chi connectivity index (χ4v) is 5.79. The molecule has 0 unspecified atom stereocenters. The normalized spacial score (nSPS) is 17.7. The fraction of sp³-hybridized carbons (Fsp3) is 0.300. The topological polar surface area (TPSA) is 76.9 Å². The van der Waals surface area contributed by atoms with Crippen molar-refractivity contribution in [3.8, 4) is 5.69 Å². The lowest BCUT2D eigenvalue weighted by atomic mass is 9.93. The molecule has 39 heavy (non-hydrogen) atoms. The summed E-state index contributed by atoms with van der Waals surface area (Å²) in [5.41, 5.74) is 4.36. The van der Waals surface area contributed by atoms with Gasteiger partial charge in [-0.15, -0.1) is 0 Å². The van der Waals surface area contributed by atoms with E-state index in [2.05, 4.69) is 28.1 Å². The van der Waals surface area contributed by atoms with Crippen molar-refractivity contribution in [3.63, 3.8) is 0 Å². The van der Waals surface area contributed by atoms with Gasteiger partial charge < -0.3 is 18.9 Å². The van der Waals surface area contributed by atoms with Crippen molar-refractivity contribution in [3.05, 3.63) is 94.4 Å². The van der Waals surface area contributed by atoms with Crippen LogP contribution in [0.15, 0.2) is 67.0 Å². The number of nitrogens with zero attached hydrogens (tertiary/aromatic N) is 4. The predicted octanol–water partition coefficient (Wildman–Crippen LogP) is 4.36. The second kappa shape index (κ2) is 10.8. The molecule has 0 N–H and O–H groups in total. The van der Waals surface area contributed by atoms with Crippen molar-refractivity contribution in [1.29, 1.82) is 0 Å². The number of amides is 1. The summed E-state index contributed by atoms with van der Waals surface area (Å²) in [6.45, 7) is 4.33. The lowest BCUT2D eigenvalue weighted by Crippen LogP contribution is -2.52. The van der Waals surface area contributed by atoms with E-state index in [0.29, 0.717) is 36.0 Å². The Bertz CT molecular complexity index is 1550. The van der Waals surface area contributed by atoms with E-state index in [4.69, 9.17) is 21.1 Å². The molecule has 4 aromatic rings. The molecule has 2 aromatic carbocycles. The van der Waals surface area contributed by atoms with Crippen molar-refractivity contribution >= 4 is 34.4 Å². The van der Waals surface area contributed by atoms with Crippen molar-refractivity contribution in [2.45, 2.75) is 19.0 Å². The van der Waals surface area contributed by atoms with Gasteiger partial charge in [-0.2, -0.15) is 0 Å². The summed E-state index contributed by atoms with van der Waals surface area (Å²) >= 11 is 6.42. The first-order valence-corrected chi connectivity index (χ1v) is 13.4. The van der Waals surface area contributed by atoms with Crippen LogP contribution in [0.25, 0.3) is 16.6 Å². The van der Waals surface area contributed by atoms with Crippen molar-refractivity contribution < 1.29 is 19.1 Å². The summed E-state index contributed by atoms with van der Waals surface area (Å²) in [6, 6.07) is 17.5. The van der Waals surface area contributed by atoms with Gasteiger partial charge in [-0.05, 0) is 29.7 Å². The SMILES string of the molecule is COC(=O)c1cn(-c2cc(Cl)cnc2C(=O)N2Cc3ccccc3C[C@H]2CN2CCOCC2)c2ccccc12. The zero-order valence-corrected chi connectivity index (χ0v) is 22.4. The van der Waals surface area contributed by atoms with Crippen LogP contribution >= 0.6 is 11.6 Å². The zero-order valence-electron chi connectivity index (χ0n) is 21.7. The van der Waals surface area contributed by atoms with E-state index in [-0.39, 0.29) is 17.6 Å². The summed E-state index contributed by atoms with van der Waals surface area (Å²) in [6.07, 6.45) is 3.96. The Morgan fingerprint density at radius 2 is 1.82 bits per heavy atom. The molecular weight excluding hydrogens is 516 g/mol. The largest absolute Gasteiger partial charge is 0.465 e. The zero-order chi connectivity index (χ0) is 26.9. The second-order valence-corrected chi connectivity index (χ2v) is 10.4. The number of hydrogen-bond donors (Lipinski definition) is 0. The maximum absolute atomic E-state index is 14.4. The van der Waals surface area contributed by atoms with Crippen LogP contribution < -0.4 is 0 Å². The quantitative estimate of drug-likeness (QED) is 0.347. The Balaban J connectivity index is 1.43. The second-order valence-electron chi connectivity index (χ2n) is 9.92. The Morgan fingerprint density at radius 3 is 2.62 bits per heavy atom. The van der Waals surface area contributed by atoms with Gasteiger partial charge in [0.1, 0.15) is 0 Å². The molecule has 4 heterocycles.